The summed E-state index contributed by atoms with van der Waals surface area (Å²) < 4.78 is 62.7. The van der Waals surface area contributed by atoms with Crippen molar-refractivity contribution in [3.63, 3.8) is 0 Å². The summed E-state index contributed by atoms with van der Waals surface area (Å²) in [5, 5.41) is 6.25. The number of carbonyl (C=O) groups excluding carboxylic acids is 1. The van der Waals surface area contributed by atoms with Crippen LogP contribution in [0.2, 0.25) is 0 Å². The Morgan fingerprint density at radius 2 is 1.90 bits per heavy atom. The second-order valence-electron chi connectivity index (χ2n) is 3.31. The number of aromatic nitrogens is 6. The minimum atomic E-state index is -5.88. The van der Waals surface area contributed by atoms with Gasteiger partial charge in [0.05, 0.1) is 0 Å². The van der Waals surface area contributed by atoms with Gasteiger partial charge in [-0.25, -0.2) is 9.78 Å². The summed E-state index contributed by atoms with van der Waals surface area (Å²) in [4.78, 5) is 18.0. The standard InChI is InChI=1S/C7H2BrF5N6O/c8-4-16-3(6(9,10)7(11,12)13)17-19(4)5(20)18-2-14-1-15-18/h1-2H. The predicted octanol–water partition coefficient (Wildman–Crippen LogP) is 1.80. The minimum absolute atomic E-state index is 0.198. The molecule has 0 aliphatic heterocycles. The van der Waals surface area contributed by atoms with Crippen molar-refractivity contribution in [2.24, 2.45) is 0 Å². The highest BCUT2D eigenvalue weighted by Crippen LogP contribution is 2.42. The van der Waals surface area contributed by atoms with Crippen LogP contribution in [0.1, 0.15) is 5.82 Å². The second-order valence-corrected chi connectivity index (χ2v) is 4.02. The van der Waals surface area contributed by atoms with E-state index in [9.17, 15) is 26.7 Å². The van der Waals surface area contributed by atoms with Crippen molar-refractivity contribution >= 4 is 22.0 Å². The molecule has 0 fully saturated rings. The summed E-state index contributed by atoms with van der Waals surface area (Å²) in [6, 6.07) is -1.13. The van der Waals surface area contributed by atoms with Crippen LogP contribution in [0.3, 0.4) is 0 Å². The van der Waals surface area contributed by atoms with Crippen LogP contribution in [0.5, 0.6) is 0 Å². The van der Waals surface area contributed by atoms with Crippen LogP contribution in [0.15, 0.2) is 17.4 Å². The van der Waals surface area contributed by atoms with E-state index >= 15 is 0 Å². The van der Waals surface area contributed by atoms with Crippen LogP contribution < -0.4 is 0 Å². The zero-order chi connectivity index (χ0) is 15.1. The summed E-state index contributed by atoms with van der Waals surface area (Å²) in [6.45, 7) is 0. The van der Waals surface area contributed by atoms with Crippen LogP contribution in [0, 0.1) is 0 Å². The van der Waals surface area contributed by atoms with E-state index < -0.39 is 28.7 Å². The number of halogens is 6. The fraction of sp³-hybridized carbons (Fsp3) is 0.286. The van der Waals surface area contributed by atoms with Gasteiger partial charge in [-0.1, -0.05) is 0 Å². The Morgan fingerprint density at radius 3 is 2.40 bits per heavy atom. The maximum atomic E-state index is 13.0. The van der Waals surface area contributed by atoms with Gasteiger partial charge in [-0.3, -0.25) is 0 Å². The fourth-order valence-corrected chi connectivity index (χ4v) is 1.48. The van der Waals surface area contributed by atoms with E-state index in [1.54, 1.807) is 0 Å². The molecule has 2 aromatic rings. The minimum Gasteiger partial charge on any atom is -0.243 e. The Hall–Kier alpha value is -1.92. The largest absolute Gasteiger partial charge is 0.461 e. The summed E-state index contributed by atoms with van der Waals surface area (Å²) in [7, 11) is 0. The third kappa shape index (κ3) is 2.28. The number of hydrogen-bond donors (Lipinski definition) is 0. The normalized spacial score (nSPS) is 12.7. The number of carbonyl (C=O) groups is 1. The molecule has 7 nitrogen and oxygen atoms in total. The SMILES string of the molecule is O=C(n1cncn1)n1nc(C(F)(F)C(F)(F)F)nc1Br. The molecule has 0 amide bonds. The molecule has 2 heterocycles. The van der Waals surface area contributed by atoms with Gasteiger partial charge >= 0.3 is 18.1 Å². The number of alkyl halides is 5. The van der Waals surface area contributed by atoms with Gasteiger partial charge in [0.25, 0.3) is 0 Å². The third-order valence-electron chi connectivity index (χ3n) is 2.00. The maximum absolute atomic E-state index is 13.0. The highest BCUT2D eigenvalue weighted by Gasteiger charge is 2.62. The van der Waals surface area contributed by atoms with Crippen molar-refractivity contribution < 1.29 is 26.7 Å². The van der Waals surface area contributed by atoms with Crippen LogP contribution >= 0.6 is 15.9 Å². The van der Waals surface area contributed by atoms with E-state index in [0.29, 0.717) is 4.68 Å². The molecule has 0 unspecified atom stereocenters. The lowest BCUT2D eigenvalue weighted by atomic mass is 10.3. The Kier molecular flexibility index (Phi) is 3.31. The molecule has 0 aliphatic rings. The van der Waals surface area contributed by atoms with Gasteiger partial charge in [0, 0.05) is 0 Å². The van der Waals surface area contributed by atoms with Gasteiger partial charge in [0.15, 0.2) is 0 Å². The van der Waals surface area contributed by atoms with Crippen LogP contribution in [-0.2, 0) is 5.92 Å². The monoisotopic (exact) mass is 360 g/mol. The molecule has 108 valence electrons. The van der Waals surface area contributed by atoms with E-state index in [1.807, 2.05) is 0 Å². The average Bonchev–Trinajstić information content (AvgIpc) is 2.95. The first kappa shape index (κ1) is 14.5. The van der Waals surface area contributed by atoms with Gasteiger partial charge in [0.1, 0.15) is 12.7 Å². The molecule has 0 bridgehead atoms. The van der Waals surface area contributed by atoms with Crippen molar-refractivity contribution in [3.8, 4) is 0 Å². The third-order valence-corrected chi connectivity index (χ3v) is 2.51. The van der Waals surface area contributed by atoms with Gasteiger partial charge in [-0.05, 0) is 15.9 Å². The lowest BCUT2D eigenvalue weighted by molar-refractivity contribution is -0.292. The molecule has 0 aliphatic carbocycles. The zero-order valence-corrected chi connectivity index (χ0v) is 10.6. The van der Waals surface area contributed by atoms with Gasteiger partial charge < -0.3 is 0 Å². The second kappa shape index (κ2) is 4.57. The summed E-state index contributed by atoms with van der Waals surface area (Å²) in [6.07, 6.45) is -4.00. The topological polar surface area (TPSA) is 78.5 Å². The molecule has 20 heavy (non-hydrogen) atoms. The van der Waals surface area contributed by atoms with Crippen molar-refractivity contribution in [1.29, 1.82) is 0 Å². The van der Waals surface area contributed by atoms with Crippen LogP contribution in [0.25, 0.3) is 0 Å². The van der Waals surface area contributed by atoms with Crippen LogP contribution in [-0.4, -0.2) is 41.7 Å². The summed E-state index contributed by atoms with van der Waals surface area (Å²) in [5.74, 6) is -7.14. The summed E-state index contributed by atoms with van der Waals surface area (Å²) in [5.41, 5.74) is 0. The van der Waals surface area contributed by atoms with Crippen molar-refractivity contribution in [1.82, 2.24) is 29.5 Å². The van der Waals surface area contributed by atoms with E-state index in [4.69, 9.17) is 0 Å². The Bertz CT molecular complexity index is 635. The molecule has 0 atom stereocenters. The number of rotatable bonds is 1. The Labute approximate surface area is 114 Å². The molecular weight excluding hydrogens is 359 g/mol. The molecule has 0 saturated carbocycles. The quantitative estimate of drug-likeness (QED) is 0.724. The molecule has 0 aromatic carbocycles. The lowest BCUT2D eigenvalue weighted by Gasteiger charge is -2.15. The van der Waals surface area contributed by atoms with E-state index in [2.05, 4.69) is 36.1 Å². The van der Waals surface area contributed by atoms with Gasteiger partial charge in [0.2, 0.25) is 10.6 Å². The Morgan fingerprint density at radius 1 is 1.25 bits per heavy atom. The molecule has 0 saturated heterocycles. The molecular formula is C7H2BrF5N6O. The molecule has 0 N–H and O–H groups in total. The fourth-order valence-electron chi connectivity index (χ4n) is 1.08. The van der Waals surface area contributed by atoms with Crippen molar-refractivity contribution in [2.45, 2.75) is 12.1 Å². The van der Waals surface area contributed by atoms with E-state index in [0.717, 1.165) is 12.7 Å². The molecule has 2 aromatic heterocycles. The number of nitrogens with zero attached hydrogens (tertiary/aromatic N) is 6. The molecule has 0 spiro atoms. The highest BCUT2D eigenvalue weighted by molar-refractivity contribution is 9.10. The van der Waals surface area contributed by atoms with Crippen molar-refractivity contribution in [3.05, 3.63) is 23.2 Å². The smallest absolute Gasteiger partial charge is 0.243 e. The average molecular weight is 361 g/mol. The lowest BCUT2D eigenvalue weighted by Crippen LogP contribution is -2.35. The Balaban J connectivity index is 2.43. The highest BCUT2D eigenvalue weighted by atomic mass is 79.9. The molecule has 0 radical (unpaired) electrons. The van der Waals surface area contributed by atoms with Crippen molar-refractivity contribution in [2.75, 3.05) is 0 Å². The first-order valence-electron chi connectivity index (χ1n) is 4.61. The maximum Gasteiger partial charge on any atom is 0.461 e. The van der Waals surface area contributed by atoms with Gasteiger partial charge in [-0.2, -0.15) is 41.4 Å². The molecule has 13 heteroatoms. The van der Waals surface area contributed by atoms with E-state index in [-0.39, 0.29) is 4.68 Å². The van der Waals surface area contributed by atoms with E-state index in [1.165, 1.54) is 0 Å². The number of hydrogen-bond acceptors (Lipinski definition) is 5. The first-order chi connectivity index (χ1) is 9.14. The van der Waals surface area contributed by atoms with Crippen LogP contribution in [0.4, 0.5) is 26.7 Å². The predicted molar refractivity (Wildman–Crippen MR) is 53.9 cm³/mol. The zero-order valence-electron chi connectivity index (χ0n) is 9.01. The first-order valence-corrected chi connectivity index (χ1v) is 5.41. The molecule has 2 rings (SSSR count). The van der Waals surface area contributed by atoms with Gasteiger partial charge in [-0.15, -0.1) is 5.10 Å². The summed E-state index contributed by atoms with van der Waals surface area (Å²) >= 11 is 2.57.